The fourth-order valence-corrected chi connectivity index (χ4v) is 3.83. The van der Waals surface area contributed by atoms with Crippen molar-refractivity contribution in [2.45, 2.75) is 64.0 Å². The van der Waals surface area contributed by atoms with Crippen LogP contribution in [0.25, 0.3) is 0 Å². The molecule has 6 heteroatoms. The second-order valence-electron chi connectivity index (χ2n) is 6.92. The molecule has 0 aromatic carbocycles. The molecule has 1 saturated carbocycles. The van der Waals surface area contributed by atoms with E-state index in [9.17, 15) is 0 Å². The number of piperazine rings is 1. The zero-order valence-corrected chi connectivity index (χ0v) is 14.1. The lowest BCUT2D eigenvalue weighted by Gasteiger charge is -2.37. The van der Waals surface area contributed by atoms with Crippen molar-refractivity contribution in [3.8, 4) is 0 Å². The van der Waals surface area contributed by atoms with Crippen LogP contribution in [0.3, 0.4) is 0 Å². The summed E-state index contributed by atoms with van der Waals surface area (Å²) in [7, 11) is 2.21. The molecule has 1 aliphatic heterocycles. The molecule has 1 saturated heterocycles. The predicted octanol–water partition coefficient (Wildman–Crippen LogP) is 2.27. The quantitative estimate of drug-likeness (QED) is 0.807. The van der Waals surface area contributed by atoms with Gasteiger partial charge in [0.05, 0.1) is 12.1 Å². The topological polar surface area (TPSA) is 50.1 Å². The van der Waals surface area contributed by atoms with E-state index in [-0.39, 0.29) is 0 Å². The minimum absolute atomic E-state index is 0.393. The third-order valence-corrected chi connectivity index (χ3v) is 5.30. The molecule has 1 atom stereocenters. The van der Waals surface area contributed by atoms with Crippen LogP contribution in [0.2, 0.25) is 0 Å². The largest absolute Gasteiger partial charge is 0.304 e. The molecule has 1 aromatic rings. The lowest BCUT2D eigenvalue weighted by atomic mass is 10.1. The van der Waals surface area contributed by atoms with Gasteiger partial charge in [-0.15, -0.1) is 5.10 Å². The maximum atomic E-state index is 4.45. The molecule has 3 rings (SSSR count). The van der Waals surface area contributed by atoms with Crippen molar-refractivity contribution in [3.05, 3.63) is 5.82 Å². The average Bonchev–Trinajstić information content (AvgIpc) is 3.20. The molecule has 2 aliphatic rings. The van der Waals surface area contributed by atoms with E-state index in [0.717, 1.165) is 32.0 Å². The van der Waals surface area contributed by atoms with Crippen LogP contribution in [0.15, 0.2) is 0 Å². The molecule has 124 valence electrons. The Morgan fingerprint density at radius 1 is 1.14 bits per heavy atom. The minimum Gasteiger partial charge on any atom is -0.304 e. The Hall–Kier alpha value is -1.01. The van der Waals surface area contributed by atoms with Crippen LogP contribution in [0.5, 0.6) is 0 Å². The van der Waals surface area contributed by atoms with Crippen molar-refractivity contribution in [1.29, 1.82) is 0 Å². The highest BCUT2D eigenvalue weighted by Crippen LogP contribution is 2.33. The lowest BCUT2D eigenvalue weighted by Crippen LogP contribution is -2.46. The van der Waals surface area contributed by atoms with E-state index in [2.05, 4.69) is 44.0 Å². The van der Waals surface area contributed by atoms with Crippen molar-refractivity contribution in [2.75, 3.05) is 33.2 Å². The van der Waals surface area contributed by atoms with E-state index in [0.29, 0.717) is 12.1 Å². The first-order valence-corrected chi connectivity index (χ1v) is 9.00. The molecule has 0 radical (unpaired) electrons. The SMILES string of the molecule is CCCC[C@H](c1nnnn1C1CCCC1)N1CCN(C)CC1. The first-order chi connectivity index (χ1) is 10.8. The summed E-state index contributed by atoms with van der Waals surface area (Å²) >= 11 is 0. The van der Waals surface area contributed by atoms with Gasteiger partial charge in [0.15, 0.2) is 5.82 Å². The van der Waals surface area contributed by atoms with Crippen LogP contribution in [-0.2, 0) is 0 Å². The maximum Gasteiger partial charge on any atom is 0.168 e. The molecule has 2 fully saturated rings. The van der Waals surface area contributed by atoms with Crippen molar-refractivity contribution in [3.63, 3.8) is 0 Å². The summed E-state index contributed by atoms with van der Waals surface area (Å²) in [5.74, 6) is 1.12. The molecular weight excluding hydrogens is 276 g/mol. The van der Waals surface area contributed by atoms with Crippen molar-refractivity contribution in [2.24, 2.45) is 0 Å². The third-order valence-electron chi connectivity index (χ3n) is 5.30. The molecular formula is C16H30N6. The second-order valence-corrected chi connectivity index (χ2v) is 6.92. The second kappa shape index (κ2) is 7.51. The Morgan fingerprint density at radius 3 is 2.55 bits per heavy atom. The van der Waals surface area contributed by atoms with Gasteiger partial charge >= 0.3 is 0 Å². The first kappa shape index (κ1) is 15.9. The van der Waals surface area contributed by atoms with Crippen LogP contribution in [-0.4, -0.2) is 63.2 Å². The van der Waals surface area contributed by atoms with Gasteiger partial charge in [-0.3, -0.25) is 4.90 Å². The number of hydrogen-bond acceptors (Lipinski definition) is 5. The molecule has 0 spiro atoms. The zero-order valence-electron chi connectivity index (χ0n) is 14.1. The fourth-order valence-electron chi connectivity index (χ4n) is 3.83. The number of unbranched alkanes of at least 4 members (excludes halogenated alkanes) is 1. The average molecular weight is 306 g/mol. The molecule has 1 aliphatic carbocycles. The van der Waals surface area contributed by atoms with Crippen molar-refractivity contribution >= 4 is 0 Å². The normalized spacial score (nSPS) is 23.2. The molecule has 0 unspecified atom stereocenters. The highest BCUT2D eigenvalue weighted by atomic mass is 15.6. The smallest absolute Gasteiger partial charge is 0.168 e. The van der Waals surface area contributed by atoms with Crippen LogP contribution in [0.1, 0.15) is 69.8 Å². The minimum atomic E-state index is 0.393. The Bertz CT molecular complexity index is 445. The number of tetrazole rings is 1. The number of aromatic nitrogens is 4. The summed E-state index contributed by atoms with van der Waals surface area (Å²) in [4.78, 5) is 5.01. The van der Waals surface area contributed by atoms with Crippen LogP contribution >= 0.6 is 0 Å². The van der Waals surface area contributed by atoms with Gasteiger partial charge < -0.3 is 4.90 Å². The summed E-state index contributed by atoms with van der Waals surface area (Å²) in [6, 6.07) is 0.922. The maximum absolute atomic E-state index is 4.45. The monoisotopic (exact) mass is 306 g/mol. The molecule has 2 heterocycles. The zero-order chi connectivity index (χ0) is 15.4. The Kier molecular flexibility index (Phi) is 5.41. The van der Waals surface area contributed by atoms with Crippen LogP contribution < -0.4 is 0 Å². The number of rotatable bonds is 6. The number of nitrogens with zero attached hydrogens (tertiary/aromatic N) is 6. The van der Waals surface area contributed by atoms with Gasteiger partial charge in [0, 0.05) is 26.2 Å². The molecule has 6 nitrogen and oxygen atoms in total. The standard InChI is InChI=1S/C16H30N6/c1-3-4-9-15(21-12-10-20(2)11-13-21)16-17-18-19-22(16)14-7-5-6-8-14/h14-15H,3-13H2,1-2H3/t15-/m1/s1. The van der Waals surface area contributed by atoms with Gasteiger partial charge in [-0.25, -0.2) is 4.68 Å². The summed E-state index contributed by atoms with van der Waals surface area (Å²) in [6.45, 7) is 6.81. The van der Waals surface area contributed by atoms with Gasteiger partial charge in [0.2, 0.25) is 0 Å². The summed E-state index contributed by atoms with van der Waals surface area (Å²) in [5, 5.41) is 12.8. The third kappa shape index (κ3) is 3.49. The summed E-state index contributed by atoms with van der Waals surface area (Å²) in [6.07, 6.45) is 8.76. The van der Waals surface area contributed by atoms with E-state index in [1.54, 1.807) is 0 Å². The van der Waals surface area contributed by atoms with E-state index < -0.39 is 0 Å². The van der Waals surface area contributed by atoms with Gasteiger partial charge in [0.1, 0.15) is 0 Å². The molecule has 0 N–H and O–H groups in total. The lowest BCUT2D eigenvalue weighted by molar-refractivity contribution is 0.0975. The number of likely N-dealkylation sites (N-methyl/N-ethyl adjacent to an activating group) is 1. The van der Waals surface area contributed by atoms with Gasteiger partial charge in [-0.1, -0.05) is 32.6 Å². The first-order valence-electron chi connectivity index (χ1n) is 9.00. The predicted molar refractivity (Wildman–Crippen MR) is 86.7 cm³/mol. The van der Waals surface area contributed by atoms with E-state index in [1.807, 2.05) is 0 Å². The number of hydrogen-bond donors (Lipinski definition) is 0. The molecule has 0 amide bonds. The van der Waals surface area contributed by atoms with Crippen LogP contribution in [0, 0.1) is 0 Å². The van der Waals surface area contributed by atoms with Crippen molar-refractivity contribution < 1.29 is 0 Å². The van der Waals surface area contributed by atoms with E-state index in [4.69, 9.17) is 0 Å². The van der Waals surface area contributed by atoms with E-state index in [1.165, 1.54) is 44.9 Å². The molecule has 22 heavy (non-hydrogen) atoms. The summed E-state index contributed by atoms with van der Waals surface area (Å²) < 4.78 is 2.16. The Labute approximate surface area is 133 Å². The molecule has 1 aromatic heterocycles. The summed E-state index contributed by atoms with van der Waals surface area (Å²) in [5.41, 5.74) is 0. The van der Waals surface area contributed by atoms with Gasteiger partial charge in [-0.2, -0.15) is 0 Å². The highest BCUT2D eigenvalue weighted by Gasteiger charge is 2.30. The Morgan fingerprint density at radius 2 is 1.86 bits per heavy atom. The Balaban J connectivity index is 1.78. The van der Waals surface area contributed by atoms with E-state index >= 15 is 0 Å². The van der Waals surface area contributed by atoms with Crippen LogP contribution in [0.4, 0.5) is 0 Å². The fraction of sp³-hybridized carbons (Fsp3) is 0.938. The van der Waals surface area contributed by atoms with Gasteiger partial charge in [-0.05, 0) is 36.7 Å². The van der Waals surface area contributed by atoms with Crippen molar-refractivity contribution in [1.82, 2.24) is 30.0 Å². The van der Waals surface area contributed by atoms with Gasteiger partial charge in [0.25, 0.3) is 0 Å². The molecule has 0 bridgehead atoms. The highest BCUT2D eigenvalue weighted by molar-refractivity contribution is 4.97.